The number of hydrogen-bond donors (Lipinski definition) is 0. The number of aromatic nitrogens is 4. The molecule has 7 heteroatoms. The van der Waals surface area contributed by atoms with E-state index in [9.17, 15) is 4.79 Å². The molecule has 5 nitrogen and oxygen atoms in total. The summed E-state index contributed by atoms with van der Waals surface area (Å²) in [5, 5.41) is 17.7. The zero-order valence-corrected chi connectivity index (χ0v) is 19.5. The van der Waals surface area contributed by atoms with Crippen molar-refractivity contribution in [1.82, 2.24) is 20.4 Å². The Bertz CT molecular complexity index is 755. The van der Waals surface area contributed by atoms with Crippen LogP contribution in [0, 0.1) is 16.7 Å². The molecule has 1 aliphatic rings. The Balaban J connectivity index is 1.84. The Morgan fingerprint density at radius 3 is 1.76 bits per heavy atom. The molecule has 2 aromatic rings. The van der Waals surface area contributed by atoms with Crippen LogP contribution in [-0.2, 0) is 4.79 Å². The zero-order chi connectivity index (χ0) is 21.1. The number of carbonyl (C=O) groups excluding carboxylic acids is 1. The second-order valence-corrected chi connectivity index (χ2v) is 12.1. The molecule has 0 N–H and O–H groups in total. The standard InChI is InChI=1S/C22H30N4OS2/c1-21(2,3)14-22(4,5)15-12-16(28-18-8-6-10-23-25-18)20(27)17(13-15)29-19-9-7-11-24-26-19/h6-11,15-17H,12-14H2,1-5H3. The van der Waals surface area contributed by atoms with Crippen LogP contribution in [0.1, 0.15) is 53.9 Å². The molecule has 29 heavy (non-hydrogen) atoms. The monoisotopic (exact) mass is 430 g/mol. The predicted molar refractivity (Wildman–Crippen MR) is 119 cm³/mol. The van der Waals surface area contributed by atoms with Crippen LogP contribution in [0.15, 0.2) is 46.7 Å². The van der Waals surface area contributed by atoms with Gasteiger partial charge < -0.3 is 0 Å². The zero-order valence-electron chi connectivity index (χ0n) is 17.8. The molecule has 0 amide bonds. The second kappa shape index (κ2) is 9.13. The van der Waals surface area contributed by atoms with Crippen molar-refractivity contribution < 1.29 is 4.79 Å². The average Bonchev–Trinajstić information content (AvgIpc) is 2.64. The maximum absolute atomic E-state index is 13.4. The van der Waals surface area contributed by atoms with Gasteiger partial charge in [0.1, 0.15) is 10.1 Å². The first-order valence-corrected chi connectivity index (χ1v) is 11.8. The van der Waals surface area contributed by atoms with Gasteiger partial charge in [0.25, 0.3) is 0 Å². The van der Waals surface area contributed by atoms with Crippen molar-refractivity contribution in [3.05, 3.63) is 36.7 Å². The Kier molecular flexibility index (Phi) is 6.99. The summed E-state index contributed by atoms with van der Waals surface area (Å²) in [6.07, 6.45) is 6.19. The largest absolute Gasteiger partial charge is 0.297 e. The Labute approximate surface area is 182 Å². The van der Waals surface area contributed by atoms with E-state index in [1.54, 1.807) is 35.9 Å². The van der Waals surface area contributed by atoms with Gasteiger partial charge in [0, 0.05) is 12.4 Å². The summed E-state index contributed by atoms with van der Waals surface area (Å²) in [4.78, 5) is 13.4. The van der Waals surface area contributed by atoms with Crippen molar-refractivity contribution in [2.45, 2.75) is 74.4 Å². The molecule has 0 saturated heterocycles. The number of rotatable bonds is 6. The minimum absolute atomic E-state index is 0.112. The van der Waals surface area contributed by atoms with Crippen molar-refractivity contribution in [1.29, 1.82) is 0 Å². The molecule has 1 aliphatic carbocycles. The molecule has 1 saturated carbocycles. The van der Waals surface area contributed by atoms with E-state index in [4.69, 9.17) is 0 Å². The third-order valence-electron chi connectivity index (χ3n) is 5.34. The Hall–Kier alpha value is -1.47. The van der Waals surface area contributed by atoms with Crippen molar-refractivity contribution in [3.63, 3.8) is 0 Å². The van der Waals surface area contributed by atoms with Gasteiger partial charge in [0.15, 0.2) is 5.78 Å². The molecule has 1 fully saturated rings. The van der Waals surface area contributed by atoms with Crippen LogP contribution in [0.4, 0.5) is 0 Å². The normalized spacial score (nSPS) is 23.2. The van der Waals surface area contributed by atoms with Crippen LogP contribution >= 0.6 is 23.5 Å². The summed E-state index contributed by atoms with van der Waals surface area (Å²) in [6.45, 7) is 11.6. The molecule has 0 aliphatic heterocycles. The highest BCUT2D eigenvalue weighted by molar-refractivity contribution is 8.02. The molecular formula is C22H30N4OS2. The van der Waals surface area contributed by atoms with Crippen LogP contribution in [0.5, 0.6) is 0 Å². The summed E-state index contributed by atoms with van der Waals surface area (Å²) in [7, 11) is 0. The lowest BCUT2D eigenvalue weighted by molar-refractivity contribution is -0.120. The van der Waals surface area contributed by atoms with Crippen molar-refractivity contribution in [2.75, 3.05) is 0 Å². The minimum Gasteiger partial charge on any atom is -0.297 e. The molecule has 2 aromatic heterocycles. The molecule has 3 rings (SSSR count). The van der Waals surface area contributed by atoms with Crippen LogP contribution in [0.25, 0.3) is 0 Å². The number of thioether (sulfide) groups is 2. The Morgan fingerprint density at radius 2 is 1.38 bits per heavy atom. The quantitative estimate of drug-likeness (QED) is 0.613. The number of Topliss-reactive ketones (excluding diaryl/α,β-unsaturated/α-hetero) is 1. The molecule has 0 radical (unpaired) electrons. The van der Waals surface area contributed by atoms with Gasteiger partial charge in [-0.1, -0.05) is 58.1 Å². The van der Waals surface area contributed by atoms with E-state index < -0.39 is 0 Å². The fourth-order valence-electron chi connectivity index (χ4n) is 4.41. The first-order chi connectivity index (χ1) is 13.6. The van der Waals surface area contributed by atoms with Gasteiger partial charge in [0.2, 0.25) is 0 Å². The van der Waals surface area contributed by atoms with E-state index in [0.29, 0.717) is 5.92 Å². The van der Waals surface area contributed by atoms with Crippen LogP contribution in [-0.4, -0.2) is 36.7 Å². The first kappa shape index (κ1) is 22.2. The molecule has 2 unspecified atom stereocenters. The smallest absolute Gasteiger partial charge is 0.159 e. The minimum atomic E-state index is -0.112. The summed E-state index contributed by atoms with van der Waals surface area (Å²) < 4.78 is 0. The van der Waals surface area contributed by atoms with Gasteiger partial charge in [-0.2, -0.15) is 10.2 Å². The summed E-state index contributed by atoms with van der Waals surface area (Å²) in [5.41, 5.74) is 0.382. The van der Waals surface area contributed by atoms with Gasteiger partial charge in [-0.15, -0.1) is 10.2 Å². The average molecular weight is 431 g/mol. The van der Waals surface area contributed by atoms with Gasteiger partial charge in [-0.3, -0.25) is 4.79 Å². The SMILES string of the molecule is CC(C)(C)CC(C)(C)C1CC(Sc2cccnn2)C(=O)C(Sc2cccnn2)C1. The van der Waals surface area contributed by atoms with E-state index in [2.05, 4.69) is 55.0 Å². The molecule has 0 aromatic carbocycles. The maximum atomic E-state index is 13.4. The highest BCUT2D eigenvalue weighted by Crippen LogP contribution is 2.49. The van der Waals surface area contributed by atoms with Crippen molar-refractivity contribution >= 4 is 29.3 Å². The summed E-state index contributed by atoms with van der Waals surface area (Å²) >= 11 is 3.10. The lowest BCUT2D eigenvalue weighted by Gasteiger charge is -2.44. The van der Waals surface area contributed by atoms with E-state index in [0.717, 1.165) is 29.3 Å². The fraction of sp³-hybridized carbons (Fsp3) is 0.591. The molecule has 2 heterocycles. The van der Waals surface area contributed by atoms with E-state index in [-0.39, 0.29) is 27.1 Å². The third-order valence-corrected chi connectivity index (χ3v) is 7.68. The molecule has 0 spiro atoms. The van der Waals surface area contributed by atoms with Gasteiger partial charge >= 0.3 is 0 Å². The first-order valence-electron chi connectivity index (χ1n) is 10.1. The Morgan fingerprint density at radius 1 is 0.897 bits per heavy atom. The topological polar surface area (TPSA) is 68.6 Å². The second-order valence-electron chi connectivity index (χ2n) is 9.63. The van der Waals surface area contributed by atoms with E-state index in [1.807, 2.05) is 24.3 Å². The molecule has 156 valence electrons. The van der Waals surface area contributed by atoms with Crippen LogP contribution < -0.4 is 0 Å². The summed E-state index contributed by atoms with van der Waals surface area (Å²) in [5.74, 6) is 0.724. The number of carbonyl (C=O) groups is 1. The van der Waals surface area contributed by atoms with Crippen molar-refractivity contribution in [3.8, 4) is 0 Å². The molecule has 2 atom stereocenters. The number of ketones is 1. The molecular weight excluding hydrogens is 400 g/mol. The van der Waals surface area contributed by atoms with Gasteiger partial charge in [0.05, 0.1) is 10.5 Å². The lowest BCUT2D eigenvalue weighted by Crippen LogP contribution is -2.43. The molecule has 0 bridgehead atoms. The van der Waals surface area contributed by atoms with E-state index in [1.165, 1.54) is 0 Å². The van der Waals surface area contributed by atoms with Gasteiger partial charge in [-0.25, -0.2) is 0 Å². The van der Waals surface area contributed by atoms with E-state index >= 15 is 0 Å². The number of hydrogen-bond acceptors (Lipinski definition) is 7. The third kappa shape index (κ3) is 6.25. The van der Waals surface area contributed by atoms with Crippen LogP contribution in [0.2, 0.25) is 0 Å². The lowest BCUT2D eigenvalue weighted by atomic mass is 9.64. The predicted octanol–water partition coefficient (Wildman–Crippen LogP) is 5.33. The summed E-state index contributed by atoms with van der Waals surface area (Å²) in [6, 6.07) is 7.60. The van der Waals surface area contributed by atoms with Crippen LogP contribution in [0.3, 0.4) is 0 Å². The highest BCUT2D eigenvalue weighted by atomic mass is 32.2. The van der Waals surface area contributed by atoms with Gasteiger partial charge in [-0.05, 0) is 60.3 Å². The number of nitrogens with zero attached hydrogens (tertiary/aromatic N) is 4. The maximum Gasteiger partial charge on any atom is 0.159 e. The highest BCUT2D eigenvalue weighted by Gasteiger charge is 2.44. The fourth-order valence-corrected chi connectivity index (χ4v) is 6.80. The van der Waals surface area contributed by atoms with Crippen molar-refractivity contribution in [2.24, 2.45) is 16.7 Å².